The van der Waals surface area contributed by atoms with Gasteiger partial charge in [-0.2, -0.15) is 0 Å². The maximum Gasteiger partial charge on any atom is 0.252 e. The molecule has 0 saturated heterocycles. The maximum atomic E-state index is 2.60. The number of fused-ring (bicyclic) bond motifs is 7. The monoisotopic (exact) mass is 906 g/mol. The van der Waals surface area contributed by atoms with Gasteiger partial charge < -0.3 is 9.80 Å². The lowest BCUT2D eigenvalue weighted by Crippen LogP contribution is -2.61. The van der Waals surface area contributed by atoms with E-state index in [4.69, 9.17) is 0 Å². The van der Waals surface area contributed by atoms with Crippen molar-refractivity contribution < 1.29 is 0 Å². The van der Waals surface area contributed by atoms with E-state index in [1.54, 1.807) is 0 Å². The third-order valence-electron chi connectivity index (χ3n) is 14.5. The minimum Gasteiger partial charge on any atom is -0.310 e. The summed E-state index contributed by atoms with van der Waals surface area (Å²) in [5, 5.41) is 2.62. The van der Waals surface area contributed by atoms with Gasteiger partial charge in [-0.05, 0) is 80.1 Å². The van der Waals surface area contributed by atoms with Crippen LogP contribution in [-0.2, 0) is 0 Å². The molecule has 2 nitrogen and oxygen atoms in total. The summed E-state index contributed by atoms with van der Waals surface area (Å²) in [6.07, 6.45) is 0. The van der Waals surface area contributed by atoms with Crippen LogP contribution >= 0.6 is 11.3 Å². The molecule has 12 aromatic rings. The molecule has 70 heavy (non-hydrogen) atoms. The van der Waals surface area contributed by atoms with Gasteiger partial charge in [-0.25, -0.2) is 0 Å². The molecule has 0 unspecified atom stereocenters. The van der Waals surface area contributed by atoms with Crippen molar-refractivity contribution >= 4 is 88.7 Å². The van der Waals surface area contributed by atoms with E-state index in [2.05, 4.69) is 271 Å². The number of benzene rings is 11. The molecule has 1 aromatic heterocycles. The van der Waals surface area contributed by atoms with E-state index in [0.29, 0.717) is 0 Å². The van der Waals surface area contributed by atoms with Gasteiger partial charge in [-0.3, -0.25) is 0 Å². The van der Waals surface area contributed by atoms with Crippen LogP contribution in [0.3, 0.4) is 0 Å². The Balaban J connectivity index is 1.10. The Morgan fingerprint density at radius 1 is 0.286 bits per heavy atom. The van der Waals surface area contributed by atoms with E-state index in [1.807, 2.05) is 11.3 Å². The van der Waals surface area contributed by atoms with Crippen molar-refractivity contribution in [3.63, 3.8) is 0 Å². The van der Waals surface area contributed by atoms with E-state index in [9.17, 15) is 0 Å². The first kappa shape index (κ1) is 40.4. The Kier molecular flexibility index (Phi) is 9.53. The molecule has 0 amide bonds. The Labute approximate surface area is 412 Å². The summed E-state index contributed by atoms with van der Waals surface area (Å²) in [5.41, 5.74) is 22.8. The molecular weight excluding hydrogens is 864 g/mol. The summed E-state index contributed by atoms with van der Waals surface area (Å²) in [4.78, 5) is 5.19. The molecular formula is C66H43BN2S. The van der Waals surface area contributed by atoms with Crippen LogP contribution in [0.25, 0.3) is 75.8 Å². The average molecular weight is 907 g/mol. The fourth-order valence-corrected chi connectivity index (χ4v) is 12.7. The zero-order chi connectivity index (χ0) is 46.1. The van der Waals surface area contributed by atoms with Gasteiger partial charge in [-0.1, -0.05) is 231 Å². The van der Waals surface area contributed by atoms with E-state index in [-0.39, 0.29) is 6.71 Å². The van der Waals surface area contributed by atoms with Crippen LogP contribution in [0, 0.1) is 0 Å². The number of thiophene rings is 1. The van der Waals surface area contributed by atoms with Crippen LogP contribution in [0.1, 0.15) is 0 Å². The molecule has 0 radical (unpaired) electrons. The Bertz CT molecular complexity index is 3830. The molecule has 3 heterocycles. The van der Waals surface area contributed by atoms with Gasteiger partial charge in [0, 0.05) is 65.2 Å². The first-order valence-electron chi connectivity index (χ1n) is 24.1. The second kappa shape index (κ2) is 16.5. The van der Waals surface area contributed by atoms with Crippen molar-refractivity contribution in [3.05, 3.63) is 261 Å². The molecule has 2 aliphatic rings. The van der Waals surface area contributed by atoms with E-state index < -0.39 is 0 Å². The highest BCUT2D eigenvalue weighted by Gasteiger charge is 2.44. The van der Waals surface area contributed by atoms with Crippen LogP contribution in [0.15, 0.2) is 261 Å². The first-order chi connectivity index (χ1) is 34.8. The lowest BCUT2D eigenvalue weighted by Gasteiger charge is -2.45. The van der Waals surface area contributed by atoms with Gasteiger partial charge in [0.15, 0.2) is 0 Å². The van der Waals surface area contributed by atoms with Crippen LogP contribution in [-0.4, -0.2) is 6.71 Å². The molecule has 0 spiro atoms. The number of hydrogen-bond acceptors (Lipinski definition) is 3. The zero-order valence-corrected chi connectivity index (χ0v) is 39.0. The van der Waals surface area contributed by atoms with Gasteiger partial charge in [0.2, 0.25) is 0 Å². The van der Waals surface area contributed by atoms with Gasteiger partial charge in [0.25, 0.3) is 6.71 Å². The number of rotatable bonds is 7. The highest BCUT2D eigenvalue weighted by molar-refractivity contribution is 7.26. The van der Waals surface area contributed by atoms with E-state index in [0.717, 1.165) is 11.4 Å². The van der Waals surface area contributed by atoms with Gasteiger partial charge in [0.1, 0.15) is 0 Å². The summed E-state index contributed by atoms with van der Waals surface area (Å²) in [5.74, 6) is 0. The molecule has 0 bridgehead atoms. The number of para-hydroxylation sites is 3. The zero-order valence-electron chi connectivity index (χ0n) is 38.2. The summed E-state index contributed by atoms with van der Waals surface area (Å²) >= 11 is 1.89. The largest absolute Gasteiger partial charge is 0.310 e. The second-order valence-corrected chi connectivity index (χ2v) is 19.3. The number of hydrogen-bond donors (Lipinski definition) is 0. The molecule has 14 rings (SSSR count). The van der Waals surface area contributed by atoms with Crippen molar-refractivity contribution in [2.75, 3.05) is 9.80 Å². The quantitative estimate of drug-likeness (QED) is 0.147. The normalized spacial score (nSPS) is 12.5. The van der Waals surface area contributed by atoms with Gasteiger partial charge in [0.05, 0.1) is 11.4 Å². The van der Waals surface area contributed by atoms with Gasteiger partial charge in [-0.15, -0.1) is 11.3 Å². The maximum absolute atomic E-state index is 2.60. The Morgan fingerprint density at radius 2 is 0.700 bits per heavy atom. The molecule has 11 aromatic carbocycles. The second-order valence-electron chi connectivity index (χ2n) is 18.3. The fraction of sp³-hybridized carbons (Fsp3) is 0. The summed E-state index contributed by atoms with van der Waals surface area (Å²) < 4.78 is 2.63. The van der Waals surface area contributed by atoms with Crippen molar-refractivity contribution in [1.82, 2.24) is 0 Å². The topological polar surface area (TPSA) is 6.48 Å². The molecule has 0 saturated carbocycles. The van der Waals surface area contributed by atoms with Crippen LogP contribution < -0.4 is 26.2 Å². The lowest BCUT2D eigenvalue weighted by atomic mass is 9.33. The van der Waals surface area contributed by atoms with Crippen LogP contribution in [0.2, 0.25) is 0 Å². The molecule has 0 atom stereocenters. The highest BCUT2D eigenvalue weighted by Crippen LogP contribution is 2.52. The highest BCUT2D eigenvalue weighted by atomic mass is 32.1. The lowest BCUT2D eigenvalue weighted by molar-refractivity contribution is 1.25. The standard InChI is InChI=1S/C66H43BN2S/c1-5-21-44(22-6-1)49-30-17-31-50(45-23-7-2-8-24-45)64(49)68-58-37-15-14-36-56(58)67-57-43-48(53-34-19-35-55-54-29-13-16-40-62(54)70-66(53)55)41-42-59(57)69(61-39-20-38-60(68)63(61)67)65-51(46-25-9-3-10-26-46)32-18-33-52(65)47-27-11-4-12-28-47/h1-43H. The number of anilines is 6. The SMILES string of the molecule is c1ccc(-c2cccc(-c3ccccc3)c2N2c3ccccc3B3c4cc(-c5cccc6c5sc5ccccc56)ccc4N(c4c(-c5ccccc5)cccc4-c4ccccc4)c4cccc2c43)cc1. The number of nitrogens with zero attached hydrogens (tertiary/aromatic N) is 2. The third-order valence-corrected chi connectivity index (χ3v) is 15.7. The Morgan fingerprint density at radius 3 is 1.26 bits per heavy atom. The summed E-state index contributed by atoms with van der Waals surface area (Å²) in [6, 6.07) is 96.5. The minimum absolute atomic E-state index is 0.0698. The summed E-state index contributed by atoms with van der Waals surface area (Å²) in [7, 11) is 0. The van der Waals surface area contributed by atoms with Gasteiger partial charge >= 0.3 is 0 Å². The molecule has 0 aliphatic carbocycles. The minimum atomic E-state index is -0.0698. The average Bonchev–Trinajstić information content (AvgIpc) is 3.83. The predicted octanol–water partition coefficient (Wildman–Crippen LogP) is 16.5. The smallest absolute Gasteiger partial charge is 0.252 e. The summed E-state index contributed by atoms with van der Waals surface area (Å²) in [6.45, 7) is -0.0698. The molecule has 0 fully saturated rings. The molecule has 326 valence electrons. The fourth-order valence-electron chi connectivity index (χ4n) is 11.5. The van der Waals surface area contributed by atoms with Crippen LogP contribution in [0.4, 0.5) is 34.1 Å². The molecule has 0 N–H and O–H groups in total. The molecule has 4 heteroatoms. The van der Waals surface area contributed by atoms with Crippen molar-refractivity contribution in [3.8, 4) is 55.6 Å². The molecule has 2 aliphatic heterocycles. The first-order valence-corrected chi connectivity index (χ1v) is 24.9. The Hall–Kier alpha value is -8.70. The van der Waals surface area contributed by atoms with E-state index >= 15 is 0 Å². The van der Waals surface area contributed by atoms with E-state index in [1.165, 1.54) is 115 Å². The third kappa shape index (κ3) is 6.34. The van der Waals surface area contributed by atoms with Crippen molar-refractivity contribution in [2.45, 2.75) is 0 Å². The van der Waals surface area contributed by atoms with Crippen molar-refractivity contribution in [2.24, 2.45) is 0 Å². The van der Waals surface area contributed by atoms with Crippen LogP contribution in [0.5, 0.6) is 0 Å². The predicted molar refractivity (Wildman–Crippen MR) is 301 cm³/mol. The van der Waals surface area contributed by atoms with Crippen molar-refractivity contribution in [1.29, 1.82) is 0 Å².